The van der Waals surface area contributed by atoms with Crippen LogP contribution in [-0.4, -0.2) is 40.3 Å². The molecule has 1 fully saturated rings. The zero-order valence-electron chi connectivity index (χ0n) is 10.3. The molecule has 0 radical (unpaired) electrons. The van der Waals surface area contributed by atoms with Crippen LogP contribution in [0.25, 0.3) is 0 Å². The summed E-state index contributed by atoms with van der Waals surface area (Å²) < 4.78 is 0. The molecule has 0 aromatic carbocycles. The van der Waals surface area contributed by atoms with Gasteiger partial charge in [-0.2, -0.15) is 0 Å². The molecule has 1 atom stereocenters. The number of amides is 1. The predicted octanol–water partition coefficient (Wildman–Crippen LogP) is 1.61. The number of pyridine rings is 1. The molecule has 6 heteroatoms. The average molecular weight is 271 g/mol. The maximum absolute atomic E-state index is 12.1. The Bertz CT molecular complexity index is 465. The van der Waals surface area contributed by atoms with Gasteiger partial charge in [-0.05, 0) is 18.1 Å². The Morgan fingerprint density at radius 1 is 1.61 bits per heavy atom. The minimum Gasteiger partial charge on any atom is -0.389 e. The summed E-state index contributed by atoms with van der Waals surface area (Å²) in [6.07, 6.45) is -0.629. The number of hydrogen-bond donors (Lipinski definition) is 1. The Labute approximate surface area is 110 Å². The Balaban J connectivity index is 2.24. The fourth-order valence-corrected chi connectivity index (χ4v) is 1.91. The van der Waals surface area contributed by atoms with Crippen molar-refractivity contribution in [3.05, 3.63) is 28.5 Å². The lowest BCUT2D eigenvalue weighted by atomic mass is 10.1. The zero-order valence-corrected chi connectivity index (χ0v) is 11.0. The number of β-amino-alcohol motifs (C(OH)–C–C–N with tert-alkyl or cyclic N) is 1. The van der Waals surface area contributed by atoms with E-state index in [1.807, 2.05) is 13.8 Å². The van der Waals surface area contributed by atoms with Crippen LogP contribution in [0.15, 0.2) is 12.1 Å². The van der Waals surface area contributed by atoms with Gasteiger partial charge in [-0.15, -0.1) is 0 Å². The maximum atomic E-state index is 12.1. The van der Waals surface area contributed by atoms with E-state index in [0.29, 0.717) is 5.56 Å². The van der Waals surface area contributed by atoms with Crippen molar-refractivity contribution < 1.29 is 14.7 Å². The van der Waals surface area contributed by atoms with Crippen molar-refractivity contribution in [1.82, 2.24) is 10.0 Å². The molecule has 1 aliphatic heterocycles. The van der Waals surface area contributed by atoms with Crippen LogP contribution in [0.5, 0.6) is 0 Å². The maximum Gasteiger partial charge on any atom is 0.277 e. The van der Waals surface area contributed by atoms with Crippen LogP contribution in [0.3, 0.4) is 0 Å². The summed E-state index contributed by atoms with van der Waals surface area (Å²) in [6.45, 7) is 4.27. The molecule has 2 rings (SSSR count). The van der Waals surface area contributed by atoms with Gasteiger partial charge in [0.1, 0.15) is 17.9 Å². The molecule has 1 N–H and O–H groups in total. The molecular formula is C12H15ClN2O3. The lowest BCUT2D eigenvalue weighted by molar-refractivity contribution is -0.0779. The fourth-order valence-electron chi connectivity index (χ4n) is 1.69. The number of aliphatic hydroxyl groups is 1. The van der Waals surface area contributed by atoms with Crippen molar-refractivity contribution in [2.75, 3.05) is 13.2 Å². The number of hydroxylamine groups is 2. The van der Waals surface area contributed by atoms with Crippen molar-refractivity contribution in [3.63, 3.8) is 0 Å². The highest BCUT2D eigenvalue weighted by Crippen LogP contribution is 2.20. The van der Waals surface area contributed by atoms with Crippen LogP contribution in [0, 0.1) is 0 Å². The molecule has 0 aliphatic carbocycles. The number of rotatable bonds is 2. The molecule has 1 aromatic heterocycles. The highest BCUT2D eigenvalue weighted by Gasteiger charge is 2.27. The summed E-state index contributed by atoms with van der Waals surface area (Å²) in [5, 5.41) is 10.8. The highest BCUT2D eigenvalue weighted by molar-refractivity contribution is 6.29. The quantitative estimate of drug-likeness (QED) is 0.830. The van der Waals surface area contributed by atoms with E-state index in [2.05, 4.69) is 4.98 Å². The van der Waals surface area contributed by atoms with E-state index in [0.717, 1.165) is 10.8 Å². The molecule has 0 spiro atoms. The van der Waals surface area contributed by atoms with Crippen molar-refractivity contribution in [2.45, 2.75) is 25.9 Å². The lowest BCUT2D eigenvalue weighted by Gasteiger charge is -2.15. The van der Waals surface area contributed by atoms with E-state index in [4.69, 9.17) is 16.4 Å². The fraction of sp³-hybridized carbons (Fsp3) is 0.500. The second-order valence-electron chi connectivity index (χ2n) is 4.57. The van der Waals surface area contributed by atoms with E-state index >= 15 is 0 Å². The summed E-state index contributed by atoms with van der Waals surface area (Å²) in [7, 11) is 0. The predicted molar refractivity (Wildman–Crippen MR) is 66.3 cm³/mol. The Morgan fingerprint density at radius 2 is 2.33 bits per heavy atom. The zero-order chi connectivity index (χ0) is 13.3. The number of halogens is 1. The number of carbonyl (C=O) groups is 1. The molecule has 98 valence electrons. The summed E-state index contributed by atoms with van der Waals surface area (Å²) >= 11 is 5.90. The largest absolute Gasteiger partial charge is 0.389 e. The van der Waals surface area contributed by atoms with E-state index in [-0.39, 0.29) is 30.1 Å². The van der Waals surface area contributed by atoms with Crippen LogP contribution in [0.2, 0.25) is 5.15 Å². The van der Waals surface area contributed by atoms with Gasteiger partial charge in [-0.3, -0.25) is 9.63 Å². The first-order valence-electron chi connectivity index (χ1n) is 5.77. The molecule has 1 aliphatic rings. The van der Waals surface area contributed by atoms with Gasteiger partial charge in [0.15, 0.2) is 0 Å². The summed E-state index contributed by atoms with van der Waals surface area (Å²) in [4.78, 5) is 21.4. The first-order valence-corrected chi connectivity index (χ1v) is 6.15. The summed E-state index contributed by atoms with van der Waals surface area (Å²) in [5.74, 6) is -0.127. The SMILES string of the molecule is CC(C)c1cc(C(=O)N2C[C@H](O)CO2)cc(Cl)n1. The molecule has 1 aromatic rings. The second kappa shape index (κ2) is 5.22. The number of aliphatic hydroxyl groups excluding tert-OH is 1. The first-order chi connectivity index (χ1) is 8.47. The minimum absolute atomic E-state index is 0.140. The number of hydrogen-bond acceptors (Lipinski definition) is 4. The number of aromatic nitrogens is 1. The van der Waals surface area contributed by atoms with Gasteiger partial charge in [0.25, 0.3) is 5.91 Å². The molecule has 0 unspecified atom stereocenters. The van der Waals surface area contributed by atoms with Crippen molar-refractivity contribution in [3.8, 4) is 0 Å². The van der Waals surface area contributed by atoms with Crippen molar-refractivity contribution in [1.29, 1.82) is 0 Å². The molecule has 1 amide bonds. The minimum atomic E-state index is -0.629. The van der Waals surface area contributed by atoms with Gasteiger partial charge < -0.3 is 5.11 Å². The standard InChI is InChI=1S/C12H15ClN2O3/c1-7(2)10-3-8(4-11(13)14-10)12(17)15-5-9(16)6-18-15/h3-4,7,9,16H,5-6H2,1-2H3/t9-/m0/s1. The lowest BCUT2D eigenvalue weighted by Crippen LogP contribution is -2.28. The third kappa shape index (κ3) is 2.80. The van der Waals surface area contributed by atoms with Gasteiger partial charge in [0, 0.05) is 11.3 Å². The number of carbonyl (C=O) groups excluding carboxylic acids is 1. The van der Waals surface area contributed by atoms with E-state index in [1.54, 1.807) is 6.07 Å². The Morgan fingerprint density at radius 3 is 2.89 bits per heavy atom. The van der Waals surface area contributed by atoms with Gasteiger partial charge in [0.05, 0.1) is 6.54 Å². The Kier molecular flexibility index (Phi) is 3.85. The second-order valence-corrected chi connectivity index (χ2v) is 4.96. The smallest absolute Gasteiger partial charge is 0.277 e. The van der Waals surface area contributed by atoms with Crippen LogP contribution < -0.4 is 0 Å². The normalized spacial score (nSPS) is 19.6. The van der Waals surface area contributed by atoms with Gasteiger partial charge >= 0.3 is 0 Å². The number of nitrogens with zero attached hydrogens (tertiary/aromatic N) is 2. The molecule has 0 bridgehead atoms. The Hall–Kier alpha value is -1.17. The van der Waals surface area contributed by atoms with E-state index < -0.39 is 6.10 Å². The third-order valence-corrected chi connectivity index (χ3v) is 2.87. The molecular weight excluding hydrogens is 256 g/mol. The van der Waals surface area contributed by atoms with Gasteiger partial charge in [-0.25, -0.2) is 10.0 Å². The van der Waals surface area contributed by atoms with Gasteiger partial charge in [0.2, 0.25) is 0 Å². The van der Waals surface area contributed by atoms with Crippen LogP contribution in [0.4, 0.5) is 0 Å². The highest BCUT2D eigenvalue weighted by atomic mass is 35.5. The topological polar surface area (TPSA) is 62.7 Å². The van der Waals surface area contributed by atoms with E-state index in [9.17, 15) is 9.90 Å². The monoisotopic (exact) mass is 270 g/mol. The summed E-state index contributed by atoms with van der Waals surface area (Å²) in [5.41, 5.74) is 1.18. The van der Waals surface area contributed by atoms with Crippen LogP contribution in [-0.2, 0) is 4.84 Å². The molecule has 1 saturated heterocycles. The first kappa shape index (κ1) is 13.3. The average Bonchev–Trinajstić information content (AvgIpc) is 2.74. The molecule has 5 nitrogen and oxygen atoms in total. The molecule has 2 heterocycles. The molecule has 0 saturated carbocycles. The summed E-state index contributed by atoms with van der Waals surface area (Å²) in [6, 6.07) is 3.21. The van der Waals surface area contributed by atoms with Crippen molar-refractivity contribution >= 4 is 17.5 Å². The third-order valence-electron chi connectivity index (χ3n) is 2.68. The van der Waals surface area contributed by atoms with Crippen molar-refractivity contribution in [2.24, 2.45) is 0 Å². The van der Waals surface area contributed by atoms with Crippen LogP contribution >= 0.6 is 11.6 Å². The van der Waals surface area contributed by atoms with E-state index in [1.165, 1.54) is 6.07 Å². The van der Waals surface area contributed by atoms with Crippen LogP contribution in [0.1, 0.15) is 35.8 Å². The molecule has 18 heavy (non-hydrogen) atoms. The van der Waals surface area contributed by atoms with Gasteiger partial charge in [-0.1, -0.05) is 25.4 Å².